The molecule has 2 nitrogen and oxygen atoms in total. The van der Waals surface area contributed by atoms with Gasteiger partial charge in [-0.25, -0.2) is 0 Å². The van der Waals surface area contributed by atoms with Gasteiger partial charge < -0.3 is 9.84 Å². The van der Waals surface area contributed by atoms with E-state index in [9.17, 15) is 0 Å². The minimum absolute atomic E-state index is 0.00866. The van der Waals surface area contributed by atoms with Crippen molar-refractivity contribution in [3.63, 3.8) is 0 Å². The van der Waals surface area contributed by atoms with Crippen LogP contribution >= 0.6 is 0 Å². The van der Waals surface area contributed by atoms with Gasteiger partial charge in [0.25, 0.3) is 0 Å². The second-order valence-corrected chi connectivity index (χ2v) is 3.75. The predicted octanol–water partition coefficient (Wildman–Crippen LogP) is 1.96. The van der Waals surface area contributed by atoms with Gasteiger partial charge in [0, 0.05) is 13.2 Å². The molecule has 0 aromatic rings. The third kappa shape index (κ3) is 3.55. The zero-order chi connectivity index (χ0) is 8.81. The summed E-state index contributed by atoms with van der Waals surface area (Å²) in [6.45, 7) is 3.97. The highest BCUT2D eigenvalue weighted by Gasteiger charge is 2.26. The van der Waals surface area contributed by atoms with Crippen molar-refractivity contribution < 1.29 is 9.84 Å². The van der Waals surface area contributed by atoms with Gasteiger partial charge >= 0.3 is 0 Å². The number of unbranched alkanes of at least 4 members (excludes halogenated alkanes) is 1. The van der Waals surface area contributed by atoms with Gasteiger partial charge in [-0.15, -0.1) is 0 Å². The van der Waals surface area contributed by atoms with E-state index in [1.165, 1.54) is 12.8 Å². The number of aliphatic hydroxyl groups excluding tert-OH is 1. The molecular formula is C10H20O2. The summed E-state index contributed by atoms with van der Waals surface area (Å²) in [5.41, 5.74) is 0. The zero-order valence-corrected chi connectivity index (χ0v) is 7.96. The van der Waals surface area contributed by atoms with Crippen LogP contribution in [0.3, 0.4) is 0 Å². The molecule has 1 aliphatic carbocycles. The number of hydrogen-bond donors (Lipinski definition) is 1. The van der Waals surface area contributed by atoms with Crippen molar-refractivity contribution >= 4 is 0 Å². The minimum atomic E-state index is -0.00866. The van der Waals surface area contributed by atoms with Gasteiger partial charge in [0.05, 0.1) is 6.10 Å². The van der Waals surface area contributed by atoms with E-state index in [-0.39, 0.29) is 6.10 Å². The molecule has 0 aromatic carbocycles. The van der Waals surface area contributed by atoms with Gasteiger partial charge in [0.2, 0.25) is 0 Å². The molecule has 1 fully saturated rings. The lowest BCUT2D eigenvalue weighted by molar-refractivity contribution is 0.0208. The molecular weight excluding hydrogens is 152 g/mol. The third-order valence-electron chi connectivity index (χ3n) is 2.52. The van der Waals surface area contributed by atoms with Crippen molar-refractivity contribution in [2.45, 2.75) is 45.1 Å². The summed E-state index contributed by atoms with van der Waals surface area (Å²) in [4.78, 5) is 0. The predicted molar refractivity (Wildman–Crippen MR) is 49.1 cm³/mol. The molecule has 1 saturated carbocycles. The maximum absolute atomic E-state index is 9.02. The Morgan fingerprint density at radius 2 is 2.08 bits per heavy atom. The van der Waals surface area contributed by atoms with Crippen LogP contribution < -0.4 is 0 Å². The van der Waals surface area contributed by atoms with Crippen LogP contribution in [0.1, 0.15) is 39.0 Å². The summed E-state index contributed by atoms with van der Waals surface area (Å²) < 4.78 is 5.43. The summed E-state index contributed by atoms with van der Waals surface area (Å²) in [5, 5.41) is 9.02. The summed E-state index contributed by atoms with van der Waals surface area (Å²) in [7, 11) is 0. The maximum Gasteiger partial charge on any atom is 0.0545 e. The van der Waals surface area contributed by atoms with E-state index in [0.717, 1.165) is 38.4 Å². The first-order valence-corrected chi connectivity index (χ1v) is 5.08. The van der Waals surface area contributed by atoms with Gasteiger partial charge in [-0.2, -0.15) is 0 Å². The fraction of sp³-hybridized carbons (Fsp3) is 1.00. The lowest BCUT2D eigenvalue weighted by Crippen LogP contribution is -2.29. The molecule has 12 heavy (non-hydrogen) atoms. The van der Waals surface area contributed by atoms with E-state index in [1.54, 1.807) is 0 Å². The smallest absolute Gasteiger partial charge is 0.0545 e. The lowest BCUT2D eigenvalue weighted by Gasteiger charge is -2.31. The van der Waals surface area contributed by atoms with E-state index in [1.807, 2.05) is 0 Å². The molecule has 1 rings (SSSR count). The minimum Gasteiger partial charge on any atom is -0.393 e. The Kier molecular flexibility index (Phi) is 4.62. The maximum atomic E-state index is 9.02. The Hall–Kier alpha value is -0.0800. The average Bonchev–Trinajstić information content (AvgIpc) is 2.00. The quantitative estimate of drug-likeness (QED) is 0.621. The molecule has 0 radical (unpaired) electrons. The van der Waals surface area contributed by atoms with Gasteiger partial charge in [-0.3, -0.25) is 0 Å². The Balaban J connectivity index is 1.77. The number of ether oxygens (including phenoxy) is 1. The fourth-order valence-electron chi connectivity index (χ4n) is 1.53. The zero-order valence-electron chi connectivity index (χ0n) is 7.96. The SMILES string of the molecule is CCCCOCC[C@H]1C[C@H](O)C1. The van der Waals surface area contributed by atoms with Crippen LogP contribution in [0.25, 0.3) is 0 Å². The number of rotatable bonds is 6. The first-order chi connectivity index (χ1) is 5.83. The molecule has 0 amide bonds. The van der Waals surface area contributed by atoms with Gasteiger partial charge in [-0.1, -0.05) is 13.3 Å². The summed E-state index contributed by atoms with van der Waals surface area (Å²) in [6, 6.07) is 0. The fourth-order valence-corrected chi connectivity index (χ4v) is 1.53. The normalized spacial score (nSPS) is 28.5. The van der Waals surface area contributed by atoms with E-state index in [0.29, 0.717) is 0 Å². The molecule has 0 heterocycles. The van der Waals surface area contributed by atoms with Crippen molar-refractivity contribution in [3.8, 4) is 0 Å². The first kappa shape index (κ1) is 10.0. The number of hydrogen-bond acceptors (Lipinski definition) is 2. The van der Waals surface area contributed by atoms with Gasteiger partial charge in [-0.05, 0) is 31.6 Å². The molecule has 0 aromatic heterocycles. The molecule has 0 aliphatic heterocycles. The highest BCUT2D eigenvalue weighted by atomic mass is 16.5. The highest BCUT2D eigenvalue weighted by molar-refractivity contribution is 4.77. The van der Waals surface area contributed by atoms with Crippen molar-refractivity contribution in [1.29, 1.82) is 0 Å². The summed E-state index contributed by atoms with van der Waals surface area (Å²) in [6.07, 6.45) is 5.51. The van der Waals surface area contributed by atoms with Crippen LogP contribution in [0.2, 0.25) is 0 Å². The average molecular weight is 172 g/mol. The molecule has 1 N–H and O–H groups in total. The largest absolute Gasteiger partial charge is 0.393 e. The Bertz CT molecular complexity index is 108. The van der Waals surface area contributed by atoms with Crippen LogP contribution in [-0.4, -0.2) is 24.4 Å². The molecule has 0 unspecified atom stereocenters. The molecule has 0 saturated heterocycles. The van der Waals surface area contributed by atoms with E-state index < -0.39 is 0 Å². The van der Waals surface area contributed by atoms with Crippen molar-refractivity contribution in [2.75, 3.05) is 13.2 Å². The third-order valence-corrected chi connectivity index (χ3v) is 2.52. The van der Waals surface area contributed by atoms with Crippen LogP contribution in [0.5, 0.6) is 0 Å². The van der Waals surface area contributed by atoms with Crippen LogP contribution in [0.4, 0.5) is 0 Å². The molecule has 2 heteroatoms. The van der Waals surface area contributed by atoms with E-state index in [2.05, 4.69) is 6.92 Å². The summed E-state index contributed by atoms with van der Waals surface area (Å²) >= 11 is 0. The summed E-state index contributed by atoms with van der Waals surface area (Å²) in [5.74, 6) is 0.738. The molecule has 0 spiro atoms. The van der Waals surface area contributed by atoms with Crippen LogP contribution in [0.15, 0.2) is 0 Å². The number of aliphatic hydroxyl groups is 1. The van der Waals surface area contributed by atoms with Crippen LogP contribution in [-0.2, 0) is 4.74 Å². The van der Waals surface area contributed by atoms with Crippen molar-refractivity contribution in [3.05, 3.63) is 0 Å². The van der Waals surface area contributed by atoms with Gasteiger partial charge in [0.15, 0.2) is 0 Å². The van der Waals surface area contributed by atoms with Gasteiger partial charge in [0.1, 0.15) is 0 Å². The first-order valence-electron chi connectivity index (χ1n) is 5.08. The van der Waals surface area contributed by atoms with Crippen LogP contribution in [0, 0.1) is 5.92 Å². The molecule has 1 aliphatic rings. The lowest BCUT2D eigenvalue weighted by atomic mass is 9.80. The van der Waals surface area contributed by atoms with Crippen molar-refractivity contribution in [1.82, 2.24) is 0 Å². The molecule has 0 bridgehead atoms. The standard InChI is InChI=1S/C10H20O2/c1-2-3-5-12-6-4-9-7-10(11)8-9/h9-11H,2-8H2,1H3/t9-,10-. The van der Waals surface area contributed by atoms with E-state index in [4.69, 9.17) is 9.84 Å². The second-order valence-electron chi connectivity index (χ2n) is 3.75. The molecule has 72 valence electrons. The topological polar surface area (TPSA) is 29.5 Å². The highest BCUT2D eigenvalue weighted by Crippen LogP contribution is 2.29. The van der Waals surface area contributed by atoms with Crippen molar-refractivity contribution in [2.24, 2.45) is 5.92 Å². The monoisotopic (exact) mass is 172 g/mol. The second kappa shape index (κ2) is 5.55. The van der Waals surface area contributed by atoms with E-state index >= 15 is 0 Å². The Labute approximate surface area is 74.9 Å². The molecule has 0 atom stereocenters. The Morgan fingerprint density at radius 3 is 2.67 bits per heavy atom. The Morgan fingerprint density at radius 1 is 1.33 bits per heavy atom.